The SMILES string of the molecule is Cc1nn(C)c(NCCc2cccc(O)c2)c1[N+](=O)[O-]. The number of phenols is 1. The van der Waals surface area contributed by atoms with Gasteiger partial charge in [0.15, 0.2) is 0 Å². The summed E-state index contributed by atoms with van der Waals surface area (Å²) >= 11 is 0. The van der Waals surface area contributed by atoms with E-state index in [0.717, 1.165) is 5.56 Å². The lowest BCUT2D eigenvalue weighted by atomic mass is 10.1. The maximum absolute atomic E-state index is 11.0. The molecule has 106 valence electrons. The predicted octanol–water partition coefficient (Wildman–Crippen LogP) is 2.00. The van der Waals surface area contributed by atoms with Crippen molar-refractivity contribution in [2.24, 2.45) is 7.05 Å². The number of anilines is 1. The lowest BCUT2D eigenvalue weighted by Gasteiger charge is -2.06. The molecule has 0 radical (unpaired) electrons. The van der Waals surface area contributed by atoms with E-state index in [1.165, 1.54) is 4.68 Å². The van der Waals surface area contributed by atoms with Crippen LogP contribution in [0.4, 0.5) is 11.5 Å². The largest absolute Gasteiger partial charge is 0.508 e. The van der Waals surface area contributed by atoms with Crippen LogP contribution in [0.15, 0.2) is 24.3 Å². The fourth-order valence-electron chi connectivity index (χ4n) is 2.10. The molecule has 0 unspecified atom stereocenters. The molecule has 0 atom stereocenters. The minimum Gasteiger partial charge on any atom is -0.508 e. The molecule has 0 amide bonds. The Bertz CT molecular complexity index is 637. The first kappa shape index (κ1) is 13.9. The molecule has 0 fully saturated rings. The molecule has 0 aliphatic heterocycles. The number of nitrogens with one attached hydrogen (secondary N) is 1. The van der Waals surface area contributed by atoms with Gasteiger partial charge in [-0.15, -0.1) is 0 Å². The van der Waals surface area contributed by atoms with Gasteiger partial charge in [0, 0.05) is 13.6 Å². The van der Waals surface area contributed by atoms with E-state index in [9.17, 15) is 15.2 Å². The molecule has 0 aliphatic carbocycles. The van der Waals surface area contributed by atoms with Gasteiger partial charge in [-0.05, 0) is 31.0 Å². The summed E-state index contributed by atoms with van der Waals surface area (Å²) in [5.74, 6) is 0.609. The average Bonchev–Trinajstić information content (AvgIpc) is 2.64. The highest BCUT2D eigenvalue weighted by atomic mass is 16.6. The van der Waals surface area contributed by atoms with Crippen LogP contribution in [0.1, 0.15) is 11.3 Å². The zero-order chi connectivity index (χ0) is 14.7. The lowest BCUT2D eigenvalue weighted by Crippen LogP contribution is -2.10. The van der Waals surface area contributed by atoms with E-state index in [1.54, 1.807) is 32.2 Å². The quantitative estimate of drug-likeness (QED) is 0.643. The van der Waals surface area contributed by atoms with Gasteiger partial charge in [-0.2, -0.15) is 5.10 Å². The van der Waals surface area contributed by atoms with Gasteiger partial charge in [0.25, 0.3) is 0 Å². The van der Waals surface area contributed by atoms with E-state index in [-0.39, 0.29) is 11.4 Å². The third kappa shape index (κ3) is 2.87. The molecule has 7 heteroatoms. The molecule has 2 N–H and O–H groups in total. The van der Waals surface area contributed by atoms with Crippen LogP contribution in [0.3, 0.4) is 0 Å². The van der Waals surface area contributed by atoms with E-state index in [0.29, 0.717) is 24.5 Å². The highest BCUT2D eigenvalue weighted by Gasteiger charge is 2.23. The lowest BCUT2D eigenvalue weighted by molar-refractivity contribution is -0.384. The second kappa shape index (κ2) is 5.60. The van der Waals surface area contributed by atoms with Gasteiger partial charge >= 0.3 is 5.69 Å². The summed E-state index contributed by atoms with van der Waals surface area (Å²) in [5.41, 5.74) is 1.35. The molecule has 0 bridgehead atoms. The Morgan fingerprint density at radius 3 is 2.90 bits per heavy atom. The molecule has 2 rings (SSSR count). The molecule has 1 heterocycles. The maximum Gasteiger partial charge on any atom is 0.333 e. The van der Waals surface area contributed by atoms with E-state index < -0.39 is 4.92 Å². The minimum absolute atomic E-state index is 0.00316. The van der Waals surface area contributed by atoms with E-state index in [1.807, 2.05) is 6.07 Å². The van der Waals surface area contributed by atoms with Crippen molar-refractivity contribution in [2.45, 2.75) is 13.3 Å². The Kier molecular flexibility index (Phi) is 3.88. The summed E-state index contributed by atoms with van der Waals surface area (Å²) in [7, 11) is 1.66. The number of nitrogens with zero attached hydrogens (tertiary/aromatic N) is 3. The van der Waals surface area contributed by atoms with Gasteiger partial charge in [-0.1, -0.05) is 12.1 Å². The number of rotatable bonds is 5. The van der Waals surface area contributed by atoms with Crippen molar-refractivity contribution in [2.75, 3.05) is 11.9 Å². The van der Waals surface area contributed by atoms with Crippen molar-refractivity contribution in [3.63, 3.8) is 0 Å². The molecule has 0 spiro atoms. The van der Waals surface area contributed by atoms with Crippen LogP contribution in [-0.2, 0) is 13.5 Å². The number of phenolic OH excluding ortho intramolecular Hbond substituents is 1. The molecule has 2 aromatic rings. The van der Waals surface area contributed by atoms with E-state index in [2.05, 4.69) is 10.4 Å². The van der Waals surface area contributed by atoms with Gasteiger partial charge in [0.1, 0.15) is 11.4 Å². The fraction of sp³-hybridized carbons (Fsp3) is 0.308. The fourth-order valence-corrected chi connectivity index (χ4v) is 2.10. The Balaban J connectivity index is 2.06. The molecule has 0 saturated heterocycles. The predicted molar refractivity (Wildman–Crippen MR) is 74.9 cm³/mol. The Labute approximate surface area is 116 Å². The van der Waals surface area contributed by atoms with Crippen molar-refractivity contribution >= 4 is 11.5 Å². The van der Waals surface area contributed by atoms with E-state index in [4.69, 9.17) is 0 Å². The number of nitro groups is 1. The van der Waals surface area contributed by atoms with Gasteiger partial charge < -0.3 is 10.4 Å². The second-order valence-electron chi connectivity index (χ2n) is 4.51. The first-order valence-corrected chi connectivity index (χ1v) is 6.19. The first-order valence-electron chi connectivity index (χ1n) is 6.19. The number of hydrogen-bond donors (Lipinski definition) is 2. The van der Waals surface area contributed by atoms with Gasteiger partial charge in [-0.25, -0.2) is 4.68 Å². The van der Waals surface area contributed by atoms with Crippen molar-refractivity contribution < 1.29 is 10.0 Å². The van der Waals surface area contributed by atoms with Crippen LogP contribution in [-0.4, -0.2) is 26.4 Å². The summed E-state index contributed by atoms with van der Waals surface area (Å²) in [5, 5.41) is 27.5. The van der Waals surface area contributed by atoms with Crippen LogP contribution < -0.4 is 5.32 Å². The van der Waals surface area contributed by atoms with Crippen molar-refractivity contribution in [3.8, 4) is 5.75 Å². The molecular formula is C13H16N4O3. The van der Waals surface area contributed by atoms with Gasteiger partial charge in [0.05, 0.1) is 4.92 Å². The molecule has 1 aromatic carbocycles. The number of aromatic nitrogens is 2. The van der Waals surface area contributed by atoms with Crippen LogP contribution >= 0.6 is 0 Å². The Morgan fingerprint density at radius 2 is 2.25 bits per heavy atom. The van der Waals surface area contributed by atoms with Gasteiger partial charge in [0.2, 0.25) is 5.82 Å². The molecule has 0 aliphatic rings. The van der Waals surface area contributed by atoms with Crippen LogP contribution in [0, 0.1) is 17.0 Å². The van der Waals surface area contributed by atoms with Crippen molar-refractivity contribution in [1.82, 2.24) is 9.78 Å². The van der Waals surface area contributed by atoms with Crippen LogP contribution in [0.2, 0.25) is 0 Å². The van der Waals surface area contributed by atoms with Gasteiger partial charge in [-0.3, -0.25) is 10.1 Å². The zero-order valence-corrected chi connectivity index (χ0v) is 11.3. The summed E-state index contributed by atoms with van der Waals surface area (Å²) in [4.78, 5) is 10.6. The summed E-state index contributed by atoms with van der Waals surface area (Å²) in [6, 6.07) is 6.93. The highest BCUT2D eigenvalue weighted by Crippen LogP contribution is 2.27. The number of benzene rings is 1. The zero-order valence-electron chi connectivity index (χ0n) is 11.3. The maximum atomic E-state index is 11.0. The monoisotopic (exact) mass is 276 g/mol. The molecule has 1 aromatic heterocycles. The van der Waals surface area contributed by atoms with Crippen LogP contribution in [0.25, 0.3) is 0 Å². The van der Waals surface area contributed by atoms with E-state index >= 15 is 0 Å². The molecular weight excluding hydrogens is 260 g/mol. The normalized spacial score (nSPS) is 10.5. The third-order valence-corrected chi connectivity index (χ3v) is 2.99. The summed E-state index contributed by atoms with van der Waals surface area (Å²) < 4.78 is 1.47. The van der Waals surface area contributed by atoms with Crippen molar-refractivity contribution in [3.05, 3.63) is 45.6 Å². The summed E-state index contributed by atoms with van der Waals surface area (Å²) in [6.07, 6.45) is 0.649. The molecule has 0 saturated carbocycles. The van der Waals surface area contributed by atoms with Crippen molar-refractivity contribution in [1.29, 1.82) is 0 Å². The highest BCUT2D eigenvalue weighted by molar-refractivity contribution is 5.59. The topological polar surface area (TPSA) is 93.2 Å². The molecule has 20 heavy (non-hydrogen) atoms. The Hall–Kier alpha value is -2.57. The third-order valence-electron chi connectivity index (χ3n) is 2.99. The average molecular weight is 276 g/mol. The Morgan fingerprint density at radius 1 is 1.50 bits per heavy atom. The number of aromatic hydroxyl groups is 1. The standard InChI is InChI=1S/C13H16N4O3/c1-9-12(17(19)20)13(16(2)15-9)14-7-6-10-4-3-5-11(18)8-10/h3-5,8,14,18H,6-7H2,1-2H3. The minimum atomic E-state index is -0.432. The smallest absolute Gasteiger partial charge is 0.333 e. The molecule has 7 nitrogen and oxygen atoms in total. The second-order valence-corrected chi connectivity index (χ2v) is 4.51. The first-order chi connectivity index (χ1) is 9.49. The van der Waals surface area contributed by atoms with Crippen LogP contribution in [0.5, 0.6) is 5.75 Å². The number of hydrogen-bond acceptors (Lipinski definition) is 5. The summed E-state index contributed by atoms with van der Waals surface area (Å²) in [6.45, 7) is 2.13. The number of aryl methyl sites for hydroxylation is 2.